The van der Waals surface area contributed by atoms with Gasteiger partial charge in [0.2, 0.25) is 0 Å². The molecule has 0 amide bonds. The van der Waals surface area contributed by atoms with Crippen LogP contribution in [0.25, 0.3) is 0 Å². The van der Waals surface area contributed by atoms with Crippen LogP contribution in [0.1, 0.15) is 24.5 Å². The highest BCUT2D eigenvalue weighted by molar-refractivity contribution is 7.99. The van der Waals surface area contributed by atoms with Gasteiger partial charge in [0.25, 0.3) is 0 Å². The van der Waals surface area contributed by atoms with Gasteiger partial charge >= 0.3 is 0 Å². The van der Waals surface area contributed by atoms with Crippen LogP contribution < -0.4 is 0 Å². The van der Waals surface area contributed by atoms with E-state index in [9.17, 15) is 9.50 Å². The molecule has 2 unspecified atom stereocenters. The average molecular weight is 269 g/mol. The Kier molecular flexibility index (Phi) is 5.03. The fraction of sp³-hybridized carbons (Fsp3) is 0.571. The third kappa shape index (κ3) is 3.46. The Hall–Kier alpha value is -0.580. The Morgan fingerprint density at radius 2 is 2.28 bits per heavy atom. The van der Waals surface area contributed by atoms with Crippen molar-refractivity contribution in [3.05, 3.63) is 35.6 Å². The van der Waals surface area contributed by atoms with E-state index in [-0.39, 0.29) is 5.82 Å². The predicted molar refractivity (Wildman–Crippen MR) is 74.3 cm³/mol. The van der Waals surface area contributed by atoms with E-state index in [0.29, 0.717) is 18.0 Å². The summed E-state index contributed by atoms with van der Waals surface area (Å²) in [5.41, 5.74) is 0.409. The van der Waals surface area contributed by atoms with E-state index >= 15 is 0 Å². The highest BCUT2D eigenvalue weighted by Gasteiger charge is 2.21. The second kappa shape index (κ2) is 6.55. The molecule has 1 heterocycles. The summed E-state index contributed by atoms with van der Waals surface area (Å²) in [7, 11) is 2.09. The largest absolute Gasteiger partial charge is 0.388 e. The van der Waals surface area contributed by atoms with Crippen LogP contribution in [0.15, 0.2) is 24.3 Å². The van der Waals surface area contributed by atoms with Gasteiger partial charge in [0.05, 0.1) is 6.10 Å². The van der Waals surface area contributed by atoms with Crippen LogP contribution in [-0.2, 0) is 0 Å². The van der Waals surface area contributed by atoms with Crippen molar-refractivity contribution in [3.63, 3.8) is 0 Å². The second-order valence-electron chi connectivity index (χ2n) is 4.82. The van der Waals surface area contributed by atoms with Crippen LogP contribution in [0, 0.1) is 5.82 Å². The Morgan fingerprint density at radius 1 is 1.50 bits per heavy atom. The Morgan fingerprint density at radius 3 is 2.94 bits per heavy atom. The summed E-state index contributed by atoms with van der Waals surface area (Å²) >= 11 is 1.98. The van der Waals surface area contributed by atoms with E-state index in [2.05, 4.69) is 11.9 Å². The highest BCUT2D eigenvalue weighted by Crippen LogP contribution is 2.24. The van der Waals surface area contributed by atoms with Crippen LogP contribution in [0.4, 0.5) is 4.39 Å². The monoisotopic (exact) mass is 269 g/mol. The lowest BCUT2D eigenvalue weighted by atomic mass is 10.1. The quantitative estimate of drug-likeness (QED) is 0.889. The van der Waals surface area contributed by atoms with E-state index < -0.39 is 6.10 Å². The Balaban J connectivity index is 1.84. The minimum absolute atomic E-state index is 0.316. The summed E-state index contributed by atoms with van der Waals surface area (Å²) in [6.45, 7) is 0.806. The lowest BCUT2D eigenvalue weighted by molar-refractivity contribution is 0.136. The molecule has 4 heteroatoms. The number of aliphatic hydroxyl groups is 1. The topological polar surface area (TPSA) is 23.5 Å². The molecular formula is C14H20FNOS. The molecule has 1 aromatic carbocycles. The number of thioether (sulfide) groups is 1. The molecule has 1 aliphatic heterocycles. The van der Waals surface area contributed by atoms with Gasteiger partial charge in [-0.2, -0.15) is 11.8 Å². The van der Waals surface area contributed by atoms with Crippen molar-refractivity contribution >= 4 is 11.8 Å². The Bertz CT molecular complexity index is 382. The van der Waals surface area contributed by atoms with Crippen LogP contribution in [-0.4, -0.2) is 41.1 Å². The molecule has 1 saturated heterocycles. The molecule has 1 fully saturated rings. The summed E-state index contributed by atoms with van der Waals surface area (Å²) in [5.74, 6) is 2.08. The summed E-state index contributed by atoms with van der Waals surface area (Å²) in [6.07, 6.45) is 1.10. The first kappa shape index (κ1) is 13.8. The van der Waals surface area contributed by atoms with Crippen molar-refractivity contribution in [2.45, 2.75) is 25.0 Å². The molecule has 0 aliphatic carbocycles. The first-order valence-corrected chi connectivity index (χ1v) is 7.54. The van der Waals surface area contributed by atoms with Crippen LogP contribution in [0.3, 0.4) is 0 Å². The molecule has 2 atom stereocenters. The number of aliphatic hydroxyl groups excluding tert-OH is 1. The molecule has 18 heavy (non-hydrogen) atoms. The maximum atomic E-state index is 13.5. The SMILES string of the molecule is CN(CCC(O)c1ccccc1F)C1CCSC1. The maximum Gasteiger partial charge on any atom is 0.128 e. The van der Waals surface area contributed by atoms with Gasteiger partial charge < -0.3 is 10.0 Å². The summed E-state index contributed by atoms with van der Waals surface area (Å²) in [5, 5.41) is 10.0. The van der Waals surface area contributed by atoms with E-state index in [4.69, 9.17) is 0 Å². The van der Waals surface area contributed by atoms with Crippen molar-refractivity contribution in [1.82, 2.24) is 4.90 Å². The van der Waals surface area contributed by atoms with Crippen molar-refractivity contribution in [1.29, 1.82) is 0 Å². The predicted octanol–water partition coefficient (Wildman–Crippen LogP) is 2.69. The molecule has 0 aromatic heterocycles. The first-order valence-electron chi connectivity index (χ1n) is 6.39. The van der Waals surface area contributed by atoms with Crippen LogP contribution in [0.5, 0.6) is 0 Å². The smallest absolute Gasteiger partial charge is 0.128 e. The Labute approximate surface area is 112 Å². The molecule has 100 valence electrons. The van der Waals surface area contributed by atoms with E-state index in [1.165, 1.54) is 24.0 Å². The zero-order chi connectivity index (χ0) is 13.0. The minimum Gasteiger partial charge on any atom is -0.388 e. The number of hydrogen-bond donors (Lipinski definition) is 1. The van der Waals surface area contributed by atoms with Crippen LogP contribution >= 0.6 is 11.8 Å². The van der Waals surface area contributed by atoms with Crippen molar-refractivity contribution in [3.8, 4) is 0 Å². The summed E-state index contributed by atoms with van der Waals surface area (Å²) < 4.78 is 13.5. The van der Waals surface area contributed by atoms with Crippen molar-refractivity contribution in [2.75, 3.05) is 25.1 Å². The van der Waals surface area contributed by atoms with Crippen molar-refractivity contribution < 1.29 is 9.50 Å². The third-order valence-electron chi connectivity index (χ3n) is 3.55. The van der Waals surface area contributed by atoms with Gasteiger partial charge in [-0.15, -0.1) is 0 Å². The molecule has 0 bridgehead atoms. The van der Waals surface area contributed by atoms with Crippen LogP contribution in [0.2, 0.25) is 0 Å². The lowest BCUT2D eigenvalue weighted by Crippen LogP contribution is -2.33. The van der Waals surface area contributed by atoms with Gasteiger partial charge in [-0.3, -0.25) is 0 Å². The molecule has 2 rings (SSSR count). The third-order valence-corrected chi connectivity index (χ3v) is 4.69. The molecule has 1 N–H and O–H groups in total. The summed E-state index contributed by atoms with van der Waals surface area (Å²) in [4.78, 5) is 2.28. The van der Waals surface area contributed by atoms with E-state index in [1.54, 1.807) is 18.2 Å². The van der Waals surface area contributed by atoms with E-state index in [1.807, 2.05) is 11.8 Å². The van der Waals surface area contributed by atoms with Gasteiger partial charge in [-0.1, -0.05) is 18.2 Å². The van der Waals surface area contributed by atoms with Gasteiger partial charge in [0.1, 0.15) is 5.82 Å². The molecule has 1 aliphatic rings. The highest BCUT2D eigenvalue weighted by atomic mass is 32.2. The summed E-state index contributed by atoms with van der Waals surface area (Å²) in [6, 6.07) is 7.08. The lowest BCUT2D eigenvalue weighted by Gasteiger charge is -2.24. The van der Waals surface area contributed by atoms with E-state index in [0.717, 1.165) is 6.54 Å². The normalized spacial score (nSPS) is 21.4. The molecular weight excluding hydrogens is 249 g/mol. The minimum atomic E-state index is -0.706. The molecule has 1 aromatic rings. The second-order valence-corrected chi connectivity index (χ2v) is 5.97. The number of rotatable bonds is 5. The molecule has 0 saturated carbocycles. The van der Waals surface area contributed by atoms with Gasteiger partial charge in [0, 0.05) is 23.9 Å². The zero-order valence-electron chi connectivity index (χ0n) is 10.7. The number of halogens is 1. The van der Waals surface area contributed by atoms with Crippen molar-refractivity contribution in [2.24, 2.45) is 0 Å². The number of hydrogen-bond acceptors (Lipinski definition) is 3. The average Bonchev–Trinajstić information content (AvgIpc) is 2.90. The number of nitrogens with zero attached hydrogens (tertiary/aromatic N) is 1. The standard InChI is InChI=1S/C14H20FNOS/c1-16(11-7-9-18-10-11)8-6-14(17)12-4-2-3-5-13(12)15/h2-5,11,14,17H,6-10H2,1H3. The van der Waals surface area contributed by atoms with Gasteiger partial charge in [-0.05, 0) is 31.7 Å². The fourth-order valence-electron chi connectivity index (χ4n) is 2.28. The molecule has 2 nitrogen and oxygen atoms in total. The van der Waals surface area contributed by atoms with Gasteiger partial charge in [-0.25, -0.2) is 4.39 Å². The maximum absolute atomic E-state index is 13.5. The molecule has 0 radical (unpaired) electrons. The van der Waals surface area contributed by atoms with Gasteiger partial charge in [0.15, 0.2) is 0 Å². The molecule has 0 spiro atoms. The fourth-order valence-corrected chi connectivity index (χ4v) is 3.58. The zero-order valence-corrected chi connectivity index (χ0v) is 11.5. The number of benzene rings is 1. The first-order chi connectivity index (χ1) is 8.68.